The molecular weight excluding hydrogens is 456 g/mol. The van der Waals surface area contributed by atoms with Crippen molar-refractivity contribution in [1.29, 1.82) is 0 Å². The van der Waals surface area contributed by atoms with Gasteiger partial charge in [0.05, 0.1) is 17.0 Å². The van der Waals surface area contributed by atoms with E-state index < -0.39 is 27.9 Å². The molecule has 1 atom stereocenters. The molecule has 1 unspecified atom stereocenters. The molecule has 1 aliphatic heterocycles. The highest BCUT2D eigenvalue weighted by molar-refractivity contribution is 7.89. The first kappa shape index (κ1) is 21.7. The van der Waals surface area contributed by atoms with Crippen LogP contribution in [0.1, 0.15) is 16.9 Å². The van der Waals surface area contributed by atoms with Gasteiger partial charge in [-0.05, 0) is 54.8 Å². The minimum Gasteiger partial charge on any atom is -0.274 e. The lowest BCUT2D eigenvalue weighted by molar-refractivity contribution is -0.122. The van der Waals surface area contributed by atoms with Gasteiger partial charge in [-0.3, -0.25) is 9.59 Å². The summed E-state index contributed by atoms with van der Waals surface area (Å²) in [5, 5.41) is 2.24. The summed E-state index contributed by atoms with van der Waals surface area (Å²) in [7, 11) is -4.06. The van der Waals surface area contributed by atoms with Crippen LogP contribution in [0.25, 0.3) is 0 Å². The first-order valence-electron chi connectivity index (χ1n) is 9.50. The van der Waals surface area contributed by atoms with E-state index in [0.717, 1.165) is 19.6 Å². The van der Waals surface area contributed by atoms with Gasteiger partial charge in [-0.1, -0.05) is 35.4 Å². The quantitative estimate of drug-likeness (QED) is 0.501. The maximum atomic E-state index is 13.5. The smallest absolute Gasteiger partial charge is 0.252 e. The van der Waals surface area contributed by atoms with Crippen LogP contribution in [0.5, 0.6) is 0 Å². The highest BCUT2D eigenvalue weighted by Crippen LogP contribution is 2.31. The number of sulfonamides is 1. The zero-order chi connectivity index (χ0) is 22.2. The van der Waals surface area contributed by atoms with E-state index in [-0.39, 0.29) is 17.9 Å². The Morgan fingerprint density at radius 3 is 2.35 bits per heavy atom. The van der Waals surface area contributed by atoms with E-state index >= 15 is 0 Å². The summed E-state index contributed by atoms with van der Waals surface area (Å²) in [6.45, 7) is 1.90. The highest BCUT2D eigenvalue weighted by atomic mass is 35.5. The van der Waals surface area contributed by atoms with E-state index in [4.69, 9.17) is 11.6 Å². The van der Waals surface area contributed by atoms with Crippen molar-refractivity contribution in [3.8, 4) is 0 Å². The normalized spacial score (nSPS) is 17.0. The number of amides is 2. The minimum atomic E-state index is -4.06. The second-order valence-electron chi connectivity index (χ2n) is 7.21. The molecule has 6 nitrogen and oxygen atoms in total. The Balaban J connectivity index is 1.73. The topological polar surface area (TPSA) is 74.8 Å². The SMILES string of the molecule is Cc1ccc(N2C(=O)CC(N(Cc3cccs3)S(=O)(=O)c3ccc(Cl)cc3)C2=O)cc1. The van der Waals surface area contributed by atoms with Crippen molar-refractivity contribution in [2.24, 2.45) is 0 Å². The van der Waals surface area contributed by atoms with Crippen molar-refractivity contribution in [2.45, 2.75) is 30.8 Å². The van der Waals surface area contributed by atoms with Gasteiger partial charge in [0, 0.05) is 16.4 Å². The van der Waals surface area contributed by atoms with Crippen LogP contribution in [-0.2, 0) is 26.2 Å². The van der Waals surface area contributed by atoms with Crippen LogP contribution in [0, 0.1) is 6.92 Å². The molecule has 2 amide bonds. The molecule has 3 aromatic rings. The first-order chi connectivity index (χ1) is 14.8. The van der Waals surface area contributed by atoms with Crippen LogP contribution in [0.2, 0.25) is 5.02 Å². The second kappa shape index (κ2) is 8.55. The second-order valence-corrected chi connectivity index (χ2v) is 10.6. The number of carbonyl (C=O) groups is 2. The van der Waals surface area contributed by atoms with Crippen LogP contribution in [0.4, 0.5) is 5.69 Å². The summed E-state index contributed by atoms with van der Waals surface area (Å²) in [5.41, 5.74) is 1.42. The van der Waals surface area contributed by atoms with E-state index in [1.54, 1.807) is 30.3 Å². The van der Waals surface area contributed by atoms with Gasteiger partial charge in [-0.15, -0.1) is 11.3 Å². The molecule has 1 fully saturated rings. The molecule has 0 bridgehead atoms. The number of anilines is 1. The molecule has 4 rings (SSSR count). The van der Waals surface area contributed by atoms with Crippen molar-refractivity contribution in [3.05, 3.63) is 81.5 Å². The van der Waals surface area contributed by atoms with Gasteiger partial charge >= 0.3 is 0 Å². The van der Waals surface area contributed by atoms with E-state index in [9.17, 15) is 18.0 Å². The van der Waals surface area contributed by atoms with E-state index in [1.165, 1.54) is 35.6 Å². The largest absolute Gasteiger partial charge is 0.274 e. The van der Waals surface area contributed by atoms with E-state index in [0.29, 0.717) is 10.7 Å². The van der Waals surface area contributed by atoms with Gasteiger partial charge in [0.15, 0.2) is 0 Å². The Hall–Kier alpha value is -2.52. The summed E-state index contributed by atoms with van der Waals surface area (Å²) < 4.78 is 28.1. The van der Waals surface area contributed by atoms with E-state index in [2.05, 4.69) is 0 Å². The number of aryl methyl sites for hydroxylation is 1. The fourth-order valence-electron chi connectivity index (χ4n) is 3.47. The van der Waals surface area contributed by atoms with Gasteiger partial charge < -0.3 is 0 Å². The lowest BCUT2D eigenvalue weighted by Crippen LogP contribution is -2.44. The third-order valence-corrected chi connectivity index (χ3v) is 8.06. The number of carbonyl (C=O) groups excluding carboxylic acids is 2. The average Bonchev–Trinajstić information content (AvgIpc) is 3.35. The third kappa shape index (κ3) is 4.29. The fraction of sp³-hybridized carbons (Fsp3) is 0.182. The van der Waals surface area contributed by atoms with Crippen LogP contribution in [0.15, 0.2) is 70.9 Å². The Bertz CT molecular complexity index is 1210. The molecule has 0 N–H and O–H groups in total. The average molecular weight is 475 g/mol. The number of halogens is 1. The summed E-state index contributed by atoms with van der Waals surface area (Å²) >= 11 is 7.30. The number of imide groups is 1. The summed E-state index contributed by atoms with van der Waals surface area (Å²) in [6, 6.07) is 15.2. The van der Waals surface area contributed by atoms with Crippen molar-refractivity contribution >= 4 is 50.5 Å². The van der Waals surface area contributed by atoms with Gasteiger partial charge in [0.25, 0.3) is 5.91 Å². The minimum absolute atomic E-state index is 0.00590. The zero-order valence-corrected chi connectivity index (χ0v) is 19.0. The van der Waals surface area contributed by atoms with Crippen molar-refractivity contribution < 1.29 is 18.0 Å². The van der Waals surface area contributed by atoms with Crippen LogP contribution >= 0.6 is 22.9 Å². The van der Waals surface area contributed by atoms with Gasteiger partial charge in [0.2, 0.25) is 15.9 Å². The number of hydrogen-bond donors (Lipinski definition) is 0. The summed E-state index contributed by atoms with van der Waals surface area (Å²) in [5.74, 6) is -0.982. The molecule has 31 heavy (non-hydrogen) atoms. The predicted molar refractivity (Wildman–Crippen MR) is 121 cm³/mol. The molecule has 1 aromatic heterocycles. The monoisotopic (exact) mass is 474 g/mol. The first-order valence-corrected chi connectivity index (χ1v) is 12.2. The number of benzene rings is 2. The van der Waals surface area contributed by atoms with Crippen LogP contribution in [0.3, 0.4) is 0 Å². The molecule has 1 aliphatic rings. The maximum absolute atomic E-state index is 13.5. The summed E-state index contributed by atoms with van der Waals surface area (Å²) in [6.07, 6.45) is -0.217. The molecule has 2 heterocycles. The third-order valence-electron chi connectivity index (χ3n) is 5.07. The van der Waals surface area contributed by atoms with Crippen molar-refractivity contribution in [3.63, 3.8) is 0 Å². The molecule has 9 heteroatoms. The molecule has 0 spiro atoms. The predicted octanol–water partition coefficient (Wildman–Crippen LogP) is 4.23. The lowest BCUT2D eigenvalue weighted by Gasteiger charge is -2.26. The molecule has 160 valence electrons. The lowest BCUT2D eigenvalue weighted by atomic mass is 10.2. The molecule has 0 saturated carbocycles. The van der Waals surface area contributed by atoms with Crippen LogP contribution < -0.4 is 4.90 Å². The van der Waals surface area contributed by atoms with E-state index in [1.807, 2.05) is 18.4 Å². The van der Waals surface area contributed by atoms with Crippen molar-refractivity contribution in [2.75, 3.05) is 4.90 Å². The summed E-state index contributed by atoms with van der Waals surface area (Å²) in [4.78, 5) is 27.9. The highest BCUT2D eigenvalue weighted by Gasteiger charge is 2.47. The van der Waals surface area contributed by atoms with Gasteiger partial charge in [-0.25, -0.2) is 13.3 Å². The Morgan fingerprint density at radius 1 is 1.06 bits per heavy atom. The molecular formula is C22H19ClN2O4S2. The van der Waals surface area contributed by atoms with Gasteiger partial charge in [0.1, 0.15) is 6.04 Å². The zero-order valence-electron chi connectivity index (χ0n) is 16.6. The van der Waals surface area contributed by atoms with Gasteiger partial charge in [-0.2, -0.15) is 4.31 Å². The Kier molecular flexibility index (Phi) is 5.98. The number of nitrogens with zero attached hydrogens (tertiary/aromatic N) is 2. The van der Waals surface area contributed by atoms with Crippen LogP contribution in [-0.4, -0.2) is 30.6 Å². The van der Waals surface area contributed by atoms with Crippen molar-refractivity contribution in [1.82, 2.24) is 4.31 Å². The molecule has 0 aliphatic carbocycles. The maximum Gasteiger partial charge on any atom is 0.252 e. The molecule has 2 aromatic carbocycles. The Labute approximate surface area is 189 Å². The fourth-order valence-corrected chi connectivity index (χ4v) is 5.94. The molecule has 1 saturated heterocycles. The number of hydrogen-bond acceptors (Lipinski definition) is 5. The Morgan fingerprint density at radius 2 is 1.74 bits per heavy atom. The number of thiophene rings is 1. The molecule has 0 radical (unpaired) electrons. The standard InChI is InChI=1S/C22H19ClN2O4S2/c1-15-4-8-17(9-5-15)25-21(26)13-20(22(25)27)24(14-18-3-2-12-30-18)31(28,29)19-10-6-16(23)7-11-19/h2-12,20H,13-14H2,1H3. The number of rotatable bonds is 6.